The number of hydrogen-bond donors (Lipinski definition) is 1. The van der Waals surface area contributed by atoms with Crippen molar-refractivity contribution in [3.05, 3.63) is 96.6 Å². The number of hydrogen-bond acceptors (Lipinski definition) is 4. The summed E-state index contributed by atoms with van der Waals surface area (Å²) in [6, 6.07) is 29.8. The number of carbonyl (C=O) groups excluding carboxylic acids is 1. The second-order valence-corrected chi connectivity index (χ2v) is 7.77. The molecule has 150 valence electrons. The van der Waals surface area contributed by atoms with E-state index in [1.807, 2.05) is 102 Å². The van der Waals surface area contributed by atoms with Gasteiger partial charge in [0.15, 0.2) is 11.0 Å². The first-order valence-corrected chi connectivity index (χ1v) is 10.7. The van der Waals surface area contributed by atoms with Gasteiger partial charge >= 0.3 is 0 Å². The molecule has 6 heteroatoms. The molecule has 0 fully saturated rings. The Balaban J connectivity index is 1.53. The quantitative estimate of drug-likeness (QED) is 0.437. The van der Waals surface area contributed by atoms with Crippen LogP contribution in [0.25, 0.3) is 17.1 Å². The summed E-state index contributed by atoms with van der Waals surface area (Å²) in [6.45, 7) is 1.98. The van der Waals surface area contributed by atoms with E-state index < -0.39 is 0 Å². The average molecular weight is 415 g/mol. The number of para-hydroxylation sites is 1. The van der Waals surface area contributed by atoms with Gasteiger partial charge in [0.2, 0.25) is 5.91 Å². The Morgan fingerprint density at radius 3 is 2.17 bits per heavy atom. The van der Waals surface area contributed by atoms with E-state index in [1.54, 1.807) is 0 Å². The standard InChI is InChI=1S/C24H22N4OS/c1-18(19-11-5-2-6-12-19)25-22(29)17-30-24-27-26-23(20-13-7-3-8-14-20)28(24)21-15-9-4-10-16-21/h2-16,18H,17H2,1H3,(H,25,29)/t18-/m0/s1. The molecule has 0 aliphatic rings. The zero-order chi connectivity index (χ0) is 20.8. The number of benzene rings is 3. The van der Waals surface area contributed by atoms with E-state index in [9.17, 15) is 4.79 Å². The number of nitrogens with zero attached hydrogens (tertiary/aromatic N) is 3. The van der Waals surface area contributed by atoms with E-state index in [0.717, 1.165) is 22.6 Å². The largest absolute Gasteiger partial charge is 0.349 e. The van der Waals surface area contributed by atoms with Crippen molar-refractivity contribution in [2.75, 3.05) is 5.75 Å². The van der Waals surface area contributed by atoms with Gasteiger partial charge in [-0.2, -0.15) is 0 Å². The fourth-order valence-corrected chi connectivity index (χ4v) is 3.95. The van der Waals surface area contributed by atoms with Gasteiger partial charge in [-0.1, -0.05) is 90.6 Å². The third-order valence-corrected chi connectivity index (χ3v) is 5.62. The van der Waals surface area contributed by atoms with Crippen molar-refractivity contribution in [3.63, 3.8) is 0 Å². The topological polar surface area (TPSA) is 59.8 Å². The molecule has 3 aromatic carbocycles. The smallest absolute Gasteiger partial charge is 0.230 e. The molecular weight excluding hydrogens is 392 g/mol. The molecule has 1 amide bonds. The molecule has 0 bridgehead atoms. The van der Waals surface area contributed by atoms with E-state index >= 15 is 0 Å². The second kappa shape index (κ2) is 9.41. The van der Waals surface area contributed by atoms with Crippen LogP contribution in [0.15, 0.2) is 96.2 Å². The summed E-state index contributed by atoms with van der Waals surface area (Å²) in [7, 11) is 0. The molecule has 0 spiro atoms. The molecule has 30 heavy (non-hydrogen) atoms. The normalized spacial score (nSPS) is 11.8. The lowest BCUT2D eigenvalue weighted by Crippen LogP contribution is -2.28. The minimum atomic E-state index is -0.0498. The zero-order valence-corrected chi connectivity index (χ0v) is 17.4. The van der Waals surface area contributed by atoms with E-state index in [0.29, 0.717) is 5.16 Å². The van der Waals surface area contributed by atoms with Crippen molar-refractivity contribution in [1.82, 2.24) is 20.1 Å². The van der Waals surface area contributed by atoms with Crippen LogP contribution in [0.1, 0.15) is 18.5 Å². The average Bonchev–Trinajstić information content (AvgIpc) is 3.23. The predicted octanol–water partition coefficient (Wildman–Crippen LogP) is 4.90. The van der Waals surface area contributed by atoms with Gasteiger partial charge < -0.3 is 5.32 Å². The van der Waals surface area contributed by atoms with Crippen molar-refractivity contribution in [1.29, 1.82) is 0 Å². The van der Waals surface area contributed by atoms with Gasteiger partial charge in [-0.15, -0.1) is 10.2 Å². The van der Waals surface area contributed by atoms with Gasteiger partial charge in [0.1, 0.15) is 0 Å². The number of thioether (sulfide) groups is 1. The van der Waals surface area contributed by atoms with Crippen LogP contribution in [-0.2, 0) is 4.79 Å². The number of carbonyl (C=O) groups is 1. The molecule has 0 saturated heterocycles. The summed E-state index contributed by atoms with van der Waals surface area (Å²) in [5.74, 6) is 0.972. The molecule has 0 unspecified atom stereocenters. The number of rotatable bonds is 7. The lowest BCUT2D eigenvalue weighted by Gasteiger charge is -2.14. The first kappa shape index (κ1) is 19.9. The van der Waals surface area contributed by atoms with Gasteiger partial charge in [0.05, 0.1) is 11.8 Å². The van der Waals surface area contributed by atoms with Crippen LogP contribution in [0, 0.1) is 0 Å². The van der Waals surface area contributed by atoms with Crippen molar-refractivity contribution in [2.24, 2.45) is 0 Å². The highest BCUT2D eigenvalue weighted by atomic mass is 32.2. The highest BCUT2D eigenvalue weighted by Crippen LogP contribution is 2.27. The Hall–Kier alpha value is -3.38. The summed E-state index contributed by atoms with van der Waals surface area (Å²) in [6.07, 6.45) is 0. The lowest BCUT2D eigenvalue weighted by molar-refractivity contribution is -0.119. The van der Waals surface area contributed by atoms with E-state index in [2.05, 4.69) is 15.5 Å². The first-order chi connectivity index (χ1) is 14.7. The predicted molar refractivity (Wildman–Crippen MR) is 121 cm³/mol. The van der Waals surface area contributed by atoms with Crippen LogP contribution in [0.3, 0.4) is 0 Å². The highest BCUT2D eigenvalue weighted by Gasteiger charge is 2.17. The van der Waals surface area contributed by atoms with Crippen LogP contribution in [0.2, 0.25) is 0 Å². The summed E-state index contributed by atoms with van der Waals surface area (Å²) in [4.78, 5) is 12.5. The molecule has 0 saturated carbocycles. The van der Waals surface area contributed by atoms with E-state index in [1.165, 1.54) is 11.8 Å². The van der Waals surface area contributed by atoms with Gasteiger partial charge in [0.25, 0.3) is 0 Å². The van der Waals surface area contributed by atoms with Crippen LogP contribution in [0.5, 0.6) is 0 Å². The number of aromatic nitrogens is 3. The van der Waals surface area contributed by atoms with Crippen LogP contribution < -0.4 is 5.32 Å². The monoisotopic (exact) mass is 414 g/mol. The highest BCUT2D eigenvalue weighted by molar-refractivity contribution is 7.99. The third kappa shape index (κ3) is 4.60. The molecule has 0 aliphatic carbocycles. The summed E-state index contributed by atoms with van der Waals surface area (Å²) >= 11 is 1.38. The zero-order valence-electron chi connectivity index (χ0n) is 16.6. The summed E-state index contributed by atoms with van der Waals surface area (Å²) in [5.41, 5.74) is 3.01. The fourth-order valence-electron chi connectivity index (χ4n) is 3.19. The maximum absolute atomic E-state index is 12.5. The number of nitrogens with one attached hydrogen (secondary N) is 1. The summed E-state index contributed by atoms with van der Waals surface area (Å²) < 4.78 is 1.99. The molecule has 1 heterocycles. The molecule has 1 atom stereocenters. The molecule has 0 aliphatic heterocycles. The van der Waals surface area contributed by atoms with E-state index in [4.69, 9.17) is 0 Å². The Morgan fingerprint density at radius 1 is 0.900 bits per heavy atom. The molecule has 4 rings (SSSR count). The SMILES string of the molecule is C[C@H](NC(=O)CSc1nnc(-c2ccccc2)n1-c1ccccc1)c1ccccc1. The Morgan fingerprint density at radius 2 is 1.50 bits per heavy atom. The van der Waals surface area contributed by atoms with Crippen LogP contribution in [-0.4, -0.2) is 26.4 Å². The number of amides is 1. The van der Waals surface area contributed by atoms with Crippen molar-refractivity contribution >= 4 is 17.7 Å². The Bertz CT molecular complexity index is 1100. The minimum Gasteiger partial charge on any atom is -0.349 e. The van der Waals surface area contributed by atoms with Crippen molar-refractivity contribution in [3.8, 4) is 17.1 Å². The molecule has 1 N–H and O–H groups in total. The van der Waals surface area contributed by atoms with Crippen molar-refractivity contribution < 1.29 is 4.79 Å². The fraction of sp³-hybridized carbons (Fsp3) is 0.125. The van der Waals surface area contributed by atoms with Gasteiger partial charge in [0, 0.05) is 11.3 Å². The molecule has 0 radical (unpaired) electrons. The van der Waals surface area contributed by atoms with Gasteiger partial charge in [-0.05, 0) is 24.6 Å². The molecular formula is C24H22N4OS. The first-order valence-electron chi connectivity index (χ1n) is 9.76. The van der Waals surface area contributed by atoms with Crippen molar-refractivity contribution in [2.45, 2.75) is 18.1 Å². The second-order valence-electron chi connectivity index (χ2n) is 6.83. The molecule has 4 aromatic rings. The Kier molecular flexibility index (Phi) is 6.25. The summed E-state index contributed by atoms with van der Waals surface area (Å²) in [5, 5.41) is 12.5. The minimum absolute atomic E-state index is 0.0415. The molecule has 5 nitrogen and oxygen atoms in total. The van der Waals surface area contributed by atoms with Gasteiger partial charge in [-0.3, -0.25) is 9.36 Å². The van der Waals surface area contributed by atoms with E-state index in [-0.39, 0.29) is 17.7 Å². The molecule has 1 aromatic heterocycles. The van der Waals surface area contributed by atoms with Gasteiger partial charge in [-0.25, -0.2) is 0 Å². The lowest BCUT2D eigenvalue weighted by atomic mass is 10.1. The maximum atomic E-state index is 12.5. The van der Waals surface area contributed by atoms with Crippen LogP contribution in [0.4, 0.5) is 0 Å². The third-order valence-electron chi connectivity index (χ3n) is 4.69. The van der Waals surface area contributed by atoms with Crippen LogP contribution >= 0.6 is 11.8 Å². The maximum Gasteiger partial charge on any atom is 0.230 e. The Labute approximate surface area is 180 Å².